The summed E-state index contributed by atoms with van der Waals surface area (Å²) in [5, 5.41) is 15.3. The largest absolute Gasteiger partial charge is 0.594 e. The van der Waals surface area contributed by atoms with Gasteiger partial charge in [-0.3, -0.25) is 0 Å². The van der Waals surface area contributed by atoms with Gasteiger partial charge in [0.1, 0.15) is 5.52 Å². The predicted molar refractivity (Wildman–Crippen MR) is 72.8 cm³/mol. The van der Waals surface area contributed by atoms with E-state index in [4.69, 9.17) is 11.5 Å². The number of nitrogen functional groups attached to an aromatic ring is 2. The van der Waals surface area contributed by atoms with Crippen molar-refractivity contribution in [2.45, 2.75) is 0 Å². The molecule has 0 amide bonds. The molecule has 1 heterocycles. The van der Waals surface area contributed by atoms with Crippen molar-refractivity contribution in [3.8, 4) is 11.1 Å². The number of anilines is 2. The summed E-state index contributed by atoms with van der Waals surface area (Å²) in [5.41, 5.74) is 14.5. The van der Waals surface area contributed by atoms with Crippen molar-refractivity contribution in [1.82, 2.24) is 10.1 Å². The summed E-state index contributed by atoms with van der Waals surface area (Å²) in [5.74, 6) is -0.0391. The molecule has 0 saturated heterocycles. The van der Waals surface area contributed by atoms with E-state index < -0.39 is 0 Å². The highest BCUT2D eigenvalue weighted by molar-refractivity contribution is 5.79. The first-order chi connectivity index (χ1) is 9.13. The summed E-state index contributed by atoms with van der Waals surface area (Å²) in [7, 11) is 0. The monoisotopic (exact) mass is 253 g/mol. The van der Waals surface area contributed by atoms with Crippen LogP contribution in [0.15, 0.2) is 42.5 Å². The SMILES string of the molecule is Nc1ccc(-c2ccc3nc(N)n[n+]([O-])c3c2)cc1. The lowest BCUT2D eigenvalue weighted by molar-refractivity contribution is -0.641. The molecular weight excluding hydrogens is 242 g/mol. The fourth-order valence-electron chi connectivity index (χ4n) is 1.92. The summed E-state index contributed by atoms with van der Waals surface area (Å²) in [6.45, 7) is 0. The zero-order valence-electron chi connectivity index (χ0n) is 9.95. The first-order valence-electron chi connectivity index (χ1n) is 5.66. The molecule has 94 valence electrons. The third-order valence-corrected chi connectivity index (χ3v) is 2.85. The molecule has 1 aromatic heterocycles. The van der Waals surface area contributed by atoms with Crippen molar-refractivity contribution >= 4 is 22.7 Å². The Morgan fingerprint density at radius 2 is 1.63 bits per heavy atom. The maximum Gasteiger partial charge on any atom is 0.288 e. The molecule has 0 saturated carbocycles. The van der Waals surface area contributed by atoms with E-state index in [-0.39, 0.29) is 5.95 Å². The van der Waals surface area contributed by atoms with Gasteiger partial charge in [0.25, 0.3) is 11.5 Å². The van der Waals surface area contributed by atoms with Gasteiger partial charge >= 0.3 is 0 Å². The minimum Gasteiger partial charge on any atom is -0.594 e. The van der Waals surface area contributed by atoms with Gasteiger partial charge in [-0.15, -0.1) is 0 Å². The minimum atomic E-state index is -0.0391. The summed E-state index contributed by atoms with van der Waals surface area (Å²) < 4.78 is 0. The zero-order chi connectivity index (χ0) is 13.4. The Hall–Kier alpha value is -2.89. The lowest BCUT2D eigenvalue weighted by Crippen LogP contribution is -2.33. The molecule has 4 N–H and O–H groups in total. The predicted octanol–water partition coefficient (Wildman–Crippen LogP) is 1.09. The van der Waals surface area contributed by atoms with Gasteiger partial charge in [-0.05, 0) is 34.2 Å². The number of hydrogen-bond donors (Lipinski definition) is 2. The van der Waals surface area contributed by atoms with Crippen LogP contribution in [0, 0.1) is 5.21 Å². The number of nitrogens with zero attached hydrogens (tertiary/aromatic N) is 3. The topological polar surface area (TPSA) is 105 Å². The molecule has 0 fully saturated rings. The highest BCUT2D eigenvalue weighted by atomic mass is 16.5. The van der Waals surface area contributed by atoms with Gasteiger partial charge in [0.2, 0.25) is 0 Å². The van der Waals surface area contributed by atoms with Crippen molar-refractivity contribution in [3.05, 3.63) is 47.7 Å². The van der Waals surface area contributed by atoms with E-state index in [1.807, 2.05) is 30.3 Å². The van der Waals surface area contributed by atoms with E-state index in [1.54, 1.807) is 12.1 Å². The van der Waals surface area contributed by atoms with Gasteiger partial charge in [-0.1, -0.05) is 18.2 Å². The van der Waals surface area contributed by atoms with Crippen LogP contribution in [0.2, 0.25) is 0 Å². The molecule has 19 heavy (non-hydrogen) atoms. The third-order valence-electron chi connectivity index (χ3n) is 2.85. The van der Waals surface area contributed by atoms with Gasteiger partial charge in [0.15, 0.2) is 0 Å². The molecule has 0 spiro atoms. The Labute approximate surface area is 108 Å². The molecule has 0 aliphatic rings. The number of nitrogens with two attached hydrogens (primary N) is 2. The Bertz CT molecular complexity index is 755. The second-order valence-corrected chi connectivity index (χ2v) is 4.17. The maximum absolute atomic E-state index is 11.7. The van der Waals surface area contributed by atoms with Crippen LogP contribution in [-0.4, -0.2) is 10.1 Å². The summed E-state index contributed by atoms with van der Waals surface area (Å²) in [6, 6.07) is 12.8. The van der Waals surface area contributed by atoms with Crippen molar-refractivity contribution in [3.63, 3.8) is 0 Å². The van der Waals surface area contributed by atoms with E-state index in [1.165, 1.54) is 0 Å². The van der Waals surface area contributed by atoms with Crippen molar-refractivity contribution in [2.75, 3.05) is 11.5 Å². The van der Waals surface area contributed by atoms with Crippen LogP contribution in [0.25, 0.3) is 22.2 Å². The molecule has 3 rings (SSSR count). The minimum absolute atomic E-state index is 0.0391. The van der Waals surface area contributed by atoms with Gasteiger partial charge in [-0.2, -0.15) is 0 Å². The van der Waals surface area contributed by atoms with Crippen molar-refractivity contribution in [2.24, 2.45) is 0 Å². The van der Waals surface area contributed by atoms with Crippen LogP contribution in [-0.2, 0) is 0 Å². The molecular formula is C13H11N5O. The van der Waals surface area contributed by atoms with Crippen LogP contribution < -0.4 is 16.3 Å². The van der Waals surface area contributed by atoms with Crippen LogP contribution >= 0.6 is 0 Å². The van der Waals surface area contributed by atoms with Crippen LogP contribution in [0.5, 0.6) is 0 Å². The molecule has 0 atom stereocenters. The maximum atomic E-state index is 11.7. The normalized spacial score (nSPS) is 10.7. The van der Waals surface area contributed by atoms with E-state index >= 15 is 0 Å². The number of hydrogen-bond acceptors (Lipinski definition) is 5. The number of aromatic nitrogens is 3. The van der Waals surface area contributed by atoms with Crippen LogP contribution in [0.3, 0.4) is 0 Å². The Balaban J connectivity index is 2.19. The van der Waals surface area contributed by atoms with E-state index in [0.29, 0.717) is 21.6 Å². The Morgan fingerprint density at radius 3 is 2.37 bits per heavy atom. The molecule has 0 radical (unpaired) electrons. The van der Waals surface area contributed by atoms with Crippen molar-refractivity contribution in [1.29, 1.82) is 0 Å². The van der Waals surface area contributed by atoms with Gasteiger partial charge < -0.3 is 16.7 Å². The first-order valence-corrected chi connectivity index (χ1v) is 5.66. The summed E-state index contributed by atoms with van der Waals surface area (Å²) in [4.78, 5) is 4.50. The molecule has 6 heteroatoms. The van der Waals surface area contributed by atoms with Gasteiger partial charge in [-0.25, -0.2) is 4.98 Å². The Kier molecular flexibility index (Phi) is 2.42. The summed E-state index contributed by atoms with van der Waals surface area (Å²) >= 11 is 0. The third kappa shape index (κ3) is 1.99. The number of benzene rings is 2. The first kappa shape index (κ1) is 11.2. The number of fused-ring (bicyclic) bond motifs is 1. The smallest absolute Gasteiger partial charge is 0.288 e. The molecule has 0 unspecified atom stereocenters. The fraction of sp³-hybridized carbons (Fsp3) is 0. The average molecular weight is 253 g/mol. The van der Waals surface area contributed by atoms with E-state index in [2.05, 4.69) is 10.1 Å². The highest BCUT2D eigenvalue weighted by Gasteiger charge is 2.10. The van der Waals surface area contributed by atoms with E-state index in [9.17, 15) is 5.21 Å². The second kappa shape index (κ2) is 4.09. The molecule has 0 aliphatic carbocycles. The fourth-order valence-corrected chi connectivity index (χ4v) is 1.92. The van der Waals surface area contributed by atoms with Crippen molar-refractivity contribution < 1.29 is 4.85 Å². The zero-order valence-corrected chi connectivity index (χ0v) is 9.95. The second-order valence-electron chi connectivity index (χ2n) is 4.17. The molecule has 3 aromatic rings. The molecule has 0 bridgehead atoms. The molecule has 6 nitrogen and oxygen atoms in total. The standard InChI is InChI=1S/C13H11N5O/c14-10-4-1-8(2-5-10)9-3-6-11-12(7-9)18(19)17-13(15)16-11/h1-7H,14H2,(H2,15,16,17). The van der Waals surface area contributed by atoms with Crippen LogP contribution in [0.1, 0.15) is 0 Å². The lowest BCUT2D eigenvalue weighted by atomic mass is 10.0. The average Bonchev–Trinajstić information content (AvgIpc) is 2.39. The van der Waals surface area contributed by atoms with Crippen LogP contribution in [0.4, 0.5) is 11.6 Å². The summed E-state index contributed by atoms with van der Waals surface area (Å²) in [6.07, 6.45) is 0. The Morgan fingerprint density at radius 1 is 0.947 bits per heavy atom. The highest BCUT2D eigenvalue weighted by Crippen LogP contribution is 2.23. The number of rotatable bonds is 1. The quantitative estimate of drug-likeness (QED) is 0.384. The lowest BCUT2D eigenvalue weighted by Gasteiger charge is -2.04. The van der Waals surface area contributed by atoms with Gasteiger partial charge in [0.05, 0.1) is 5.10 Å². The van der Waals surface area contributed by atoms with Gasteiger partial charge in [0, 0.05) is 11.8 Å². The molecule has 2 aromatic carbocycles. The van der Waals surface area contributed by atoms with E-state index in [0.717, 1.165) is 11.1 Å². The molecule has 0 aliphatic heterocycles.